The molecule has 0 aliphatic carbocycles. The largest absolute Gasteiger partial charge is 0.497 e. The average Bonchev–Trinajstić information content (AvgIpc) is 3.07. The number of benzene rings is 2. The monoisotopic (exact) mass is 384 g/mol. The molecule has 3 rings (SSSR count). The molecule has 9 heteroatoms. The average molecular weight is 384 g/mol. The highest BCUT2D eigenvalue weighted by Gasteiger charge is 2.28. The van der Waals surface area contributed by atoms with Crippen LogP contribution in [0.5, 0.6) is 17.2 Å². The quantitative estimate of drug-likeness (QED) is 0.326. The molecule has 0 atom stereocenters. The van der Waals surface area contributed by atoms with Crippen molar-refractivity contribution in [1.82, 2.24) is 0 Å². The van der Waals surface area contributed by atoms with Gasteiger partial charge >= 0.3 is 5.97 Å². The molecule has 0 aromatic heterocycles. The SMILES string of the molecule is COc1ccc(OC)c(/C=C2/N=C(c3cc([N+](=O)[O-])ccc3OC)OC2=O)c1. The zero-order valence-electron chi connectivity index (χ0n) is 15.3. The fraction of sp³-hybridized carbons (Fsp3) is 0.158. The maximum absolute atomic E-state index is 12.3. The van der Waals surface area contributed by atoms with Crippen LogP contribution in [-0.2, 0) is 9.53 Å². The third-order valence-electron chi connectivity index (χ3n) is 3.97. The number of ether oxygens (including phenoxy) is 4. The van der Waals surface area contributed by atoms with E-state index in [1.54, 1.807) is 18.2 Å². The second kappa shape index (κ2) is 7.78. The van der Waals surface area contributed by atoms with Crippen LogP contribution in [0, 0.1) is 10.1 Å². The number of cyclic esters (lactones) is 1. The number of rotatable bonds is 6. The highest BCUT2D eigenvalue weighted by molar-refractivity contribution is 6.14. The van der Waals surface area contributed by atoms with Crippen LogP contribution >= 0.6 is 0 Å². The van der Waals surface area contributed by atoms with E-state index in [9.17, 15) is 14.9 Å². The summed E-state index contributed by atoms with van der Waals surface area (Å²) in [6.07, 6.45) is 1.49. The summed E-state index contributed by atoms with van der Waals surface area (Å²) in [5.41, 5.74) is 0.590. The second-order valence-corrected chi connectivity index (χ2v) is 5.59. The molecular weight excluding hydrogens is 368 g/mol. The predicted octanol–water partition coefficient (Wildman–Crippen LogP) is 2.97. The van der Waals surface area contributed by atoms with E-state index in [0.717, 1.165) is 0 Å². The Balaban J connectivity index is 2.06. The zero-order valence-corrected chi connectivity index (χ0v) is 15.3. The normalized spacial score (nSPS) is 14.5. The Labute approximate surface area is 160 Å². The molecule has 1 heterocycles. The number of nitrogens with zero attached hydrogens (tertiary/aromatic N) is 2. The van der Waals surface area contributed by atoms with Gasteiger partial charge in [-0.1, -0.05) is 0 Å². The Morgan fingerprint density at radius 2 is 1.75 bits per heavy atom. The molecule has 144 valence electrons. The summed E-state index contributed by atoms with van der Waals surface area (Å²) in [7, 11) is 4.42. The number of methoxy groups -OCH3 is 3. The van der Waals surface area contributed by atoms with E-state index in [0.29, 0.717) is 17.1 Å². The number of esters is 1. The molecule has 2 aromatic carbocycles. The van der Waals surface area contributed by atoms with Gasteiger partial charge in [-0.3, -0.25) is 10.1 Å². The van der Waals surface area contributed by atoms with Crippen LogP contribution in [0.1, 0.15) is 11.1 Å². The lowest BCUT2D eigenvalue weighted by molar-refractivity contribution is -0.384. The van der Waals surface area contributed by atoms with Gasteiger partial charge in [0.2, 0.25) is 5.90 Å². The molecule has 0 bridgehead atoms. The van der Waals surface area contributed by atoms with Gasteiger partial charge in [0.15, 0.2) is 5.70 Å². The number of hydrogen-bond donors (Lipinski definition) is 0. The summed E-state index contributed by atoms with van der Waals surface area (Å²) in [5.74, 6) is 0.589. The molecule has 0 spiro atoms. The smallest absolute Gasteiger partial charge is 0.363 e. The van der Waals surface area contributed by atoms with E-state index in [4.69, 9.17) is 18.9 Å². The van der Waals surface area contributed by atoms with Gasteiger partial charge in [0.05, 0.1) is 31.8 Å². The van der Waals surface area contributed by atoms with Gasteiger partial charge in [0.25, 0.3) is 5.69 Å². The number of aliphatic imine (C=N–C) groups is 1. The number of hydrogen-bond acceptors (Lipinski definition) is 8. The lowest BCUT2D eigenvalue weighted by atomic mass is 10.1. The maximum atomic E-state index is 12.3. The Kier molecular flexibility index (Phi) is 5.25. The van der Waals surface area contributed by atoms with Crippen LogP contribution in [0.4, 0.5) is 5.69 Å². The molecule has 0 saturated heterocycles. The number of nitro groups is 1. The highest BCUT2D eigenvalue weighted by atomic mass is 16.6. The number of carbonyl (C=O) groups is 1. The number of non-ortho nitro benzene ring substituents is 1. The van der Waals surface area contributed by atoms with E-state index >= 15 is 0 Å². The van der Waals surface area contributed by atoms with Crippen molar-refractivity contribution in [2.24, 2.45) is 4.99 Å². The third-order valence-corrected chi connectivity index (χ3v) is 3.97. The van der Waals surface area contributed by atoms with Gasteiger partial charge in [0, 0.05) is 17.7 Å². The minimum absolute atomic E-state index is 0.00936. The molecule has 1 aliphatic heterocycles. The Morgan fingerprint density at radius 3 is 2.39 bits per heavy atom. The van der Waals surface area contributed by atoms with Gasteiger partial charge in [-0.25, -0.2) is 9.79 Å². The molecule has 2 aromatic rings. The molecule has 0 fully saturated rings. The topological polar surface area (TPSA) is 109 Å². The summed E-state index contributed by atoms with van der Waals surface area (Å²) in [5, 5.41) is 11.0. The Morgan fingerprint density at radius 1 is 1.04 bits per heavy atom. The highest BCUT2D eigenvalue weighted by Crippen LogP contribution is 2.31. The fourth-order valence-corrected chi connectivity index (χ4v) is 2.60. The van der Waals surface area contributed by atoms with Gasteiger partial charge in [-0.05, 0) is 30.3 Å². The van der Waals surface area contributed by atoms with Gasteiger partial charge in [0.1, 0.15) is 17.2 Å². The van der Waals surface area contributed by atoms with E-state index in [2.05, 4.69) is 4.99 Å². The van der Waals surface area contributed by atoms with Crippen LogP contribution in [-0.4, -0.2) is 38.1 Å². The van der Waals surface area contributed by atoms with Crippen molar-refractivity contribution in [3.05, 3.63) is 63.3 Å². The summed E-state index contributed by atoms with van der Waals surface area (Å²) in [6.45, 7) is 0. The van der Waals surface area contributed by atoms with Crippen molar-refractivity contribution in [2.75, 3.05) is 21.3 Å². The van der Waals surface area contributed by atoms with Crippen LogP contribution in [0.25, 0.3) is 6.08 Å². The third kappa shape index (κ3) is 3.63. The molecule has 9 nitrogen and oxygen atoms in total. The first kappa shape index (κ1) is 18.9. The van der Waals surface area contributed by atoms with E-state index in [1.165, 1.54) is 45.6 Å². The minimum Gasteiger partial charge on any atom is -0.497 e. The van der Waals surface area contributed by atoms with Gasteiger partial charge in [-0.15, -0.1) is 0 Å². The molecule has 28 heavy (non-hydrogen) atoms. The number of nitro benzene ring substituents is 1. The van der Waals surface area contributed by atoms with Crippen LogP contribution in [0.2, 0.25) is 0 Å². The van der Waals surface area contributed by atoms with Crippen molar-refractivity contribution < 1.29 is 28.7 Å². The van der Waals surface area contributed by atoms with Crippen LogP contribution in [0.15, 0.2) is 47.1 Å². The Bertz CT molecular complexity index is 1010. The van der Waals surface area contributed by atoms with Crippen molar-refractivity contribution >= 4 is 23.6 Å². The van der Waals surface area contributed by atoms with Crippen LogP contribution in [0.3, 0.4) is 0 Å². The molecular formula is C19H16N2O7. The summed E-state index contributed by atoms with van der Waals surface area (Å²) in [6, 6.07) is 9.03. The molecule has 0 N–H and O–H groups in total. The first-order valence-electron chi connectivity index (χ1n) is 8.04. The zero-order chi connectivity index (χ0) is 20.3. The van der Waals surface area contributed by atoms with Gasteiger partial charge in [-0.2, -0.15) is 0 Å². The van der Waals surface area contributed by atoms with Crippen molar-refractivity contribution in [3.63, 3.8) is 0 Å². The lowest BCUT2D eigenvalue weighted by Gasteiger charge is -2.07. The number of carbonyl (C=O) groups excluding carboxylic acids is 1. The molecule has 1 aliphatic rings. The van der Waals surface area contributed by atoms with Gasteiger partial charge < -0.3 is 18.9 Å². The molecule has 0 unspecified atom stereocenters. The van der Waals surface area contributed by atoms with Crippen molar-refractivity contribution in [2.45, 2.75) is 0 Å². The maximum Gasteiger partial charge on any atom is 0.363 e. The predicted molar refractivity (Wildman–Crippen MR) is 99.8 cm³/mol. The summed E-state index contributed by atoms with van der Waals surface area (Å²) < 4.78 is 20.9. The minimum atomic E-state index is -0.701. The fourth-order valence-electron chi connectivity index (χ4n) is 2.60. The van der Waals surface area contributed by atoms with Crippen molar-refractivity contribution in [3.8, 4) is 17.2 Å². The van der Waals surface area contributed by atoms with E-state index < -0.39 is 10.9 Å². The second-order valence-electron chi connectivity index (χ2n) is 5.59. The van der Waals surface area contributed by atoms with Crippen LogP contribution < -0.4 is 14.2 Å². The standard InChI is InChI=1S/C19H16N2O7/c1-25-13-5-7-16(26-2)11(8-13)9-15-19(22)28-18(20-15)14-10-12(21(23)24)4-6-17(14)27-3/h4-10H,1-3H3/b15-9+. The van der Waals surface area contributed by atoms with E-state index in [-0.39, 0.29) is 28.6 Å². The molecule has 0 radical (unpaired) electrons. The Hall–Kier alpha value is -3.88. The first-order chi connectivity index (χ1) is 13.5. The molecule has 0 saturated carbocycles. The summed E-state index contributed by atoms with van der Waals surface area (Å²) >= 11 is 0. The summed E-state index contributed by atoms with van der Waals surface area (Å²) in [4.78, 5) is 27.0. The lowest BCUT2D eigenvalue weighted by Crippen LogP contribution is -2.07. The first-order valence-corrected chi connectivity index (χ1v) is 8.04. The van der Waals surface area contributed by atoms with E-state index in [1.807, 2.05) is 0 Å². The molecule has 0 amide bonds. The van der Waals surface area contributed by atoms with Crippen molar-refractivity contribution in [1.29, 1.82) is 0 Å².